The van der Waals surface area contributed by atoms with Gasteiger partial charge in [-0.1, -0.05) is 0 Å². The lowest BCUT2D eigenvalue weighted by Gasteiger charge is -2.26. The van der Waals surface area contributed by atoms with Crippen LogP contribution in [0.15, 0.2) is 47.4 Å². The quantitative estimate of drug-likeness (QED) is 0.815. The average Bonchev–Trinajstić information content (AvgIpc) is 3.12. The third-order valence-corrected chi connectivity index (χ3v) is 6.34. The third-order valence-electron chi connectivity index (χ3n) is 4.42. The molecule has 1 heterocycles. The van der Waals surface area contributed by atoms with E-state index in [1.54, 1.807) is 26.4 Å². The highest BCUT2D eigenvalue weighted by molar-refractivity contribution is 7.89. The Kier molecular flexibility index (Phi) is 4.96. The zero-order valence-electron chi connectivity index (χ0n) is 14.1. The standard InChI is InChI=1S/C18H20FNO4S/c1-23-14-7-10-18(24-2)16(12-14)17-4-3-11-20(17)25(21,22)15-8-5-13(19)6-9-15/h5-10,12,17H,3-4,11H2,1-2H3/t17-/m0/s1. The van der Waals surface area contributed by atoms with Gasteiger partial charge in [-0.2, -0.15) is 4.31 Å². The summed E-state index contributed by atoms with van der Waals surface area (Å²) in [4.78, 5) is 0.0858. The van der Waals surface area contributed by atoms with Gasteiger partial charge in [-0.05, 0) is 55.3 Å². The van der Waals surface area contributed by atoms with Crippen LogP contribution >= 0.6 is 0 Å². The molecule has 3 rings (SSSR count). The zero-order valence-corrected chi connectivity index (χ0v) is 14.9. The number of halogens is 1. The van der Waals surface area contributed by atoms with Crippen LogP contribution in [0.3, 0.4) is 0 Å². The minimum Gasteiger partial charge on any atom is -0.497 e. The normalized spacial score (nSPS) is 18.3. The van der Waals surface area contributed by atoms with E-state index in [1.165, 1.54) is 16.4 Å². The molecule has 1 atom stereocenters. The van der Waals surface area contributed by atoms with Crippen LogP contribution in [0.5, 0.6) is 11.5 Å². The minimum absolute atomic E-state index is 0.0858. The van der Waals surface area contributed by atoms with Crippen molar-refractivity contribution < 1.29 is 22.3 Å². The first-order valence-corrected chi connectivity index (χ1v) is 9.40. The van der Waals surface area contributed by atoms with Crippen LogP contribution in [0.2, 0.25) is 0 Å². The molecule has 0 saturated carbocycles. The molecule has 7 heteroatoms. The first-order valence-electron chi connectivity index (χ1n) is 7.96. The number of hydrogen-bond acceptors (Lipinski definition) is 4. The van der Waals surface area contributed by atoms with Gasteiger partial charge in [-0.25, -0.2) is 12.8 Å². The van der Waals surface area contributed by atoms with Gasteiger partial charge in [-0.3, -0.25) is 0 Å². The molecule has 2 aromatic rings. The van der Waals surface area contributed by atoms with Crippen LogP contribution < -0.4 is 9.47 Å². The van der Waals surface area contributed by atoms with Gasteiger partial charge in [0.1, 0.15) is 17.3 Å². The number of ether oxygens (including phenoxy) is 2. The Bertz CT molecular complexity index is 852. The minimum atomic E-state index is -3.73. The zero-order chi connectivity index (χ0) is 18.0. The van der Waals surface area contributed by atoms with Gasteiger partial charge in [-0.15, -0.1) is 0 Å². The Labute approximate surface area is 147 Å². The van der Waals surface area contributed by atoms with E-state index in [4.69, 9.17) is 9.47 Å². The highest BCUT2D eigenvalue weighted by Crippen LogP contribution is 2.41. The molecule has 25 heavy (non-hydrogen) atoms. The second-order valence-corrected chi connectivity index (χ2v) is 7.73. The highest BCUT2D eigenvalue weighted by Gasteiger charge is 2.37. The van der Waals surface area contributed by atoms with E-state index in [2.05, 4.69) is 0 Å². The van der Waals surface area contributed by atoms with Gasteiger partial charge in [0.05, 0.1) is 25.2 Å². The molecule has 0 aromatic heterocycles. The third kappa shape index (κ3) is 3.34. The maximum Gasteiger partial charge on any atom is 0.243 e. The topological polar surface area (TPSA) is 55.8 Å². The molecule has 0 N–H and O–H groups in total. The molecule has 1 aliphatic rings. The summed E-state index contributed by atoms with van der Waals surface area (Å²) < 4.78 is 51.3. The molecule has 0 aliphatic carbocycles. The van der Waals surface area contributed by atoms with E-state index in [0.29, 0.717) is 24.5 Å². The molecule has 0 radical (unpaired) electrons. The molecule has 2 aromatic carbocycles. The Balaban J connectivity index is 2.02. The van der Waals surface area contributed by atoms with E-state index < -0.39 is 15.8 Å². The summed E-state index contributed by atoms with van der Waals surface area (Å²) in [6.45, 7) is 0.407. The SMILES string of the molecule is COc1ccc(OC)c([C@@H]2CCCN2S(=O)(=O)c2ccc(F)cc2)c1. The lowest BCUT2D eigenvalue weighted by Crippen LogP contribution is -2.31. The van der Waals surface area contributed by atoms with Gasteiger partial charge in [0.25, 0.3) is 0 Å². The van der Waals surface area contributed by atoms with Crippen LogP contribution in [0, 0.1) is 5.82 Å². The first-order chi connectivity index (χ1) is 12.0. The van der Waals surface area contributed by atoms with Crippen molar-refractivity contribution in [2.24, 2.45) is 0 Å². The Morgan fingerprint density at radius 1 is 1.08 bits per heavy atom. The Morgan fingerprint density at radius 2 is 1.80 bits per heavy atom. The predicted octanol–water partition coefficient (Wildman–Crippen LogP) is 3.37. The molecule has 0 bridgehead atoms. The predicted molar refractivity (Wildman–Crippen MR) is 91.8 cm³/mol. The summed E-state index contributed by atoms with van der Waals surface area (Å²) in [5.41, 5.74) is 0.769. The molecule has 0 unspecified atom stereocenters. The van der Waals surface area contributed by atoms with Crippen LogP contribution in [-0.2, 0) is 10.0 Å². The number of rotatable bonds is 5. The number of benzene rings is 2. The average molecular weight is 365 g/mol. The highest BCUT2D eigenvalue weighted by atomic mass is 32.2. The van der Waals surface area contributed by atoms with Crippen LogP contribution in [-0.4, -0.2) is 33.5 Å². The fraction of sp³-hybridized carbons (Fsp3) is 0.333. The monoisotopic (exact) mass is 365 g/mol. The molecule has 1 fully saturated rings. The van der Waals surface area contributed by atoms with E-state index in [1.807, 2.05) is 6.07 Å². The van der Waals surface area contributed by atoms with E-state index in [0.717, 1.165) is 24.1 Å². The van der Waals surface area contributed by atoms with E-state index in [-0.39, 0.29) is 10.9 Å². The lowest BCUT2D eigenvalue weighted by molar-refractivity contribution is 0.361. The van der Waals surface area contributed by atoms with Crippen molar-refractivity contribution in [3.8, 4) is 11.5 Å². The lowest BCUT2D eigenvalue weighted by atomic mass is 10.0. The van der Waals surface area contributed by atoms with E-state index in [9.17, 15) is 12.8 Å². The molecule has 0 spiro atoms. The molecule has 0 amide bonds. The van der Waals surface area contributed by atoms with Crippen molar-refractivity contribution in [3.63, 3.8) is 0 Å². The van der Waals surface area contributed by atoms with Crippen LogP contribution in [0.25, 0.3) is 0 Å². The molecule has 1 aliphatic heterocycles. The first kappa shape index (κ1) is 17.7. The summed E-state index contributed by atoms with van der Waals surface area (Å²) >= 11 is 0. The fourth-order valence-electron chi connectivity index (χ4n) is 3.18. The summed E-state index contributed by atoms with van der Waals surface area (Å²) in [6.07, 6.45) is 1.43. The second kappa shape index (κ2) is 7.01. The largest absolute Gasteiger partial charge is 0.497 e. The van der Waals surface area contributed by atoms with Gasteiger partial charge in [0.15, 0.2) is 0 Å². The van der Waals surface area contributed by atoms with Gasteiger partial charge in [0, 0.05) is 12.1 Å². The number of hydrogen-bond donors (Lipinski definition) is 0. The number of sulfonamides is 1. The van der Waals surface area contributed by atoms with Crippen molar-refractivity contribution in [1.82, 2.24) is 4.31 Å². The summed E-state index contributed by atoms with van der Waals surface area (Å²) in [5, 5.41) is 0. The number of methoxy groups -OCH3 is 2. The second-order valence-electron chi connectivity index (χ2n) is 5.84. The molecular weight excluding hydrogens is 345 g/mol. The van der Waals surface area contributed by atoms with Gasteiger partial charge >= 0.3 is 0 Å². The van der Waals surface area contributed by atoms with Crippen molar-refractivity contribution in [2.45, 2.75) is 23.8 Å². The Morgan fingerprint density at radius 3 is 2.44 bits per heavy atom. The van der Waals surface area contributed by atoms with Crippen molar-refractivity contribution >= 4 is 10.0 Å². The summed E-state index contributed by atoms with van der Waals surface area (Å²) in [5.74, 6) is 0.792. The van der Waals surface area contributed by atoms with Crippen LogP contribution in [0.4, 0.5) is 4.39 Å². The van der Waals surface area contributed by atoms with Gasteiger partial charge < -0.3 is 9.47 Å². The van der Waals surface area contributed by atoms with Crippen molar-refractivity contribution in [3.05, 3.63) is 53.8 Å². The number of nitrogens with zero attached hydrogens (tertiary/aromatic N) is 1. The smallest absolute Gasteiger partial charge is 0.243 e. The molecule has 1 saturated heterocycles. The van der Waals surface area contributed by atoms with E-state index >= 15 is 0 Å². The summed E-state index contributed by atoms with van der Waals surface area (Å²) in [7, 11) is -0.610. The summed E-state index contributed by atoms with van der Waals surface area (Å²) in [6, 6.07) is 9.91. The molecule has 134 valence electrons. The van der Waals surface area contributed by atoms with Crippen molar-refractivity contribution in [1.29, 1.82) is 0 Å². The maximum atomic E-state index is 13.1. The molecule has 5 nitrogen and oxygen atoms in total. The molecular formula is C18H20FNO4S. The van der Waals surface area contributed by atoms with Crippen molar-refractivity contribution in [2.75, 3.05) is 20.8 Å². The van der Waals surface area contributed by atoms with Crippen LogP contribution in [0.1, 0.15) is 24.4 Å². The fourth-order valence-corrected chi connectivity index (χ4v) is 4.85. The van der Waals surface area contributed by atoms with Gasteiger partial charge in [0.2, 0.25) is 10.0 Å². The maximum absolute atomic E-state index is 13.1. The Hall–Kier alpha value is -2.12.